The number of carbonyl (C=O) groups excluding carboxylic acids is 2. The van der Waals surface area contributed by atoms with Gasteiger partial charge in [0, 0.05) is 22.7 Å². The quantitative estimate of drug-likeness (QED) is 0.652. The van der Waals surface area contributed by atoms with Gasteiger partial charge in [-0.1, -0.05) is 30.3 Å². The van der Waals surface area contributed by atoms with Crippen LogP contribution in [0.4, 0.5) is 0 Å². The third-order valence-electron chi connectivity index (χ3n) is 5.70. The van der Waals surface area contributed by atoms with Crippen molar-refractivity contribution < 1.29 is 23.8 Å². The van der Waals surface area contributed by atoms with Crippen molar-refractivity contribution >= 4 is 17.5 Å². The molecule has 2 aliphatic rings. The Morgan fingerprint density at radius 2 is 1.65 bits per heavy atom. The van der Waals surface area contributed by atoms with Crippen molar-refractivity contribution in [1.29, 1.82) is 0 Å². The molecule has 2 aromatic carbocycles. The molecule has 31 heavy (non-hydrogen) atoms. The molecule has 0 aromatic heterocycles. The molecular weight excluding hydrogens is 394 g/mol. The molecule has 1 aliphatic carbocycles. The molecule has 0 saturated heterocycles. The number of Topliss-reactive ketones (excluding diaryl/α,β-unsaturated/α-hetero) is 1. The second kappa shape index (κ2) is 8.38. The van der Waals surface area contributed by atoms with E-state index in [4.69, 9.17) is 14.2 Å². The fraction of sp³-hybridized carbons (Fsp3) is 0.320. The van der Waals surface area contributed by atoms with Crippen LogP contribution in [0.5, 0.6) is 11.5 Å². The molecule has 1 heterocycles. The lowest BCUT2D eigenvalue weighted by Gasteiger charge is -2.30. The van der Waals surface area contributed by atoms with Crippen molar-refractivity contribution in [1.82, 2.24) is 0 Å². The minimum Gasteiger partial charge on any atom is -0.490 e. The summed E-state index contributed by atoms with van der Waals surface area (Å²) >= 11 is 0. The molecule has 6 heteroatoms. The van der Waals surface area contributed by atoms with Crippen LogP contribution in [0, 0.1) is 5.92 Å². The van der Waals surface area contributed by atoms with E-state index >= 15 is 0 Å². The zero-order chi connectivity index (χ0) is 22.1. The molecule has 6 nitrogen and oxygen atoms in total. The van der Waals surface area contributed by atoms with Crippen LogP contribution < -0.4 is 9.47 Å². The lowest BCUT2D eigenvalue weighted by Crippen LogP contribution is -2.32. The third-order valence-corrected chi connectivity index (χ3v) is 5.70. The second-order valence-corrected chi connectivity index (χ2v) is 7.43. The number of benzene rings is 2. The van der Waals surface area contributed by atoms with Gasteiger partial charge in [-0.3, -0.25) is 9.79 Å². The van der Waals surface area contributed by atoms with E-state index in [0.717, 1.165) is 11.1 Å². The van der Waals surface area contributed by atoms with Crippen LogP contribution >= 0.6 is 0 Å². The van der Waals surface area contributed by atoms with E-state index in [-0.39, 0.29) is 5.78 Å². The summed E-state index contributed by atoms with van der Waals surface area (Å²) < 4.78 is 16.6. The van der Waals surface area contributed by atoms with Gasteiger partial charge in [0.15, 0.2) is 17.3 Å². The lowest BCUT2D eigenvalue weighted by atomic mass is 9.75. The van der Waals surface area contributed by atoms with Gasteiger partial charge < -0.3 is 14.2 Å². The minimum absolute atomic E-state index is 0.0416. The number of allylic oxidation sites excluding steroid dienone is 1. The van der Waals surface area contributed by atoms with Crippen molar-refractivity contribution in [3.63, 3.8) is 0 Å². The first kappa shape index (κ1) is 20.8. The van der Waals surface area contributed by atoms with Gasteiger partial charge in [-0.05, 0) is 38.5 Å². The largest absolute Gasteiger partial charge is 0.490 e. The molecule has 0 bridgehead atoms. The third kappa shape index (κ3) is 3.42. The van der Waals surface area contributed by atoms with E-state index < -0.39 is 17.8 Å². The molecule has 0 radical (unpaired) electrons. The first-order valence-corrected chi connectivity index (χ1v) is 10.4. The Bertz CT molecular complexity index is 1110. The molecule has 2 aromatic rings. The van der Waals surface area contributed by atoms with E-state index in [1.54, 1.807) is 6.92 Å². The van der Waals surface area contributed by atoms with E-state index in [1.165, 1.54) is 7.11 Å². The first-order valence-electron chi connectivity index (χ1n) is 10.4. The average Bonchev–Trinajstić information content (AvgIpc) is 3.06. The van der Waals surface area contributed by atoms with Crippen LogP contribution in [0.2, 0.25) is 0 Å². The lowest BCUT2D eigenvalue weighted by molar-refractivity contribution is -0.136. The minimum atomic E-state index is -0.595. The summed E-state index contributed by atoms with van der Waals surface area (Å²) in [5.74, 6) is -0.451. The smallest absolute Gasteiger partial charge is 0.336 e. The SMILES string of the molecule is CCOc1ccc([C@H]2C(C(=O)OC)=C(C)N=C3c4ccccc4C(=O)C32)cc1OCC. The standard InChI is InChI=1S/C25H25NO5/c1-5-30-18-12-11-15(13-19(18)31-6-2)21-20(25(28)29-4)14(3)26-23-16-9-7-8-10-17(16)24(27)22(21)23/h7-13,21-22H,5-6H2,1-4H3/t21-,22?/m0/s1. The van der Waals surface area contributed by atoms with Gasteiger partial charge in [-0.2, -0.15) is 0 Å². The Hall–Kier alpha value is -3.41. The van der Waals surface area contributed by atoms with Crippen LogP contribution in [-0.2, 0) is 9.53 Å². The Labute approximate surface area is 181 Å². The summed E-state index contributed by atoms with van der Waals surface area (Å²) in [5, 5.41) is 0. The highest BCUT2D eigenvalue weighted by Gasteiger charge is 2.48. The fourth-order valence-electron chi connectivity index (χ4n) is 4.46. The van der Waals surface area contributed by atoms with Crippen molar-refractivity contribution in [2.75, 3.05) is 20.3 Å². The van der Waals surface area contributed by atoms with E-state index in [1.807, 2.05) is 56.3 Å². The highest BCUT2D eigenvalue weighted by Crippen LogP contribution is 2.47. The number of hydrogen-bond acceptors (Lipinski definition) is 6. The number of ether oxygens (including phenoxy) is 3. The van der Waals surface area contributed by atoms with E-state index in [0.29, 0.717) is 47.3 Å². The van der Waals surface area contributed by atoms with Crippen LogP contribution in [-0.4, -0.2) is 37.8 Å². The van der Waals surface area contributed by atoms with Crippen LogP contribution in [0.25, 0.3) is 0 Å². The molecule has 4 rings (SSSR count). The zero-order valence-corrected chi connectivity index (χ0v) is 18.1. The van der Waals surface area contributed by atoms with Crippen LogP contribution in [0.3, 0.4) is 0 Å². The molecule has 0 amide bonds. The van der Waals surface area contributed by atoms with Gasteiger partial charge in [0.1, 0.15) is 0 Å². The molecular formula is C25H25NO5. The summed E-state index contributed by atoms with van der Waals surface area (Å²) in [7, 11) is 1.34. The molecule has 0 fully saturated rings. The van der Waals surface area contributed by atoms with Crippen LogP contribution in [0.15, 0.2) is 58.7 Å². The molecule has 0 spiro atoms. The number of aliphatic imine (C=N–C) groups is 1. The normalized spacial score (nSPS) is 19.5. The number of nitrogens with zero attached hydrogens (tertiary/aromatic N) is 1. The predicted octanol–water partition coefficient (Wildman–Crippen LogP) is 4.33. The molecule has 1 unspecified atom stereocenters. The van der Waals surface area contributed by atoms with E-state index in [9.17, 15) is 9.59 Å². The second-order valence-electron chi connectivity index (χ2n) is 7.43. The summed E-state index contributed by atoms with van der Waals surface area (Å²) in [4.78, 5) is 30.9. The fourth-order valence-corrected chi connectivity index (χ4v) is 4.46. The van der Waals surface area contributed by atoms with Crippen molar-refractivity contribution in [2.24, 2.45) is 10.9 Å². The van der Waals surface area contributed by atoms with Crippen molar-refractivity contribution in [3.8, 4) is 11.5 Å². The highest BCUT2D eigenvalue weighted by atomic mass is 16.5. The Morgan fingerprint density at radius 1 is 0.968 bits per heavy atom. The topological polar surface area (TPSA) is 74.2 Å². The first-order chi connectivity index (χ1) is 15.0. The molecule has 2 atom stereocenters. The highest BCUT2D eigenvalue weighted by molar-refractivity contribution is 6.30. The van der Waals surface area contributed by atoms with Gasteiger partial charge in [0.05, 0.1) is 37.5 Å². The van der Waals surface area contributed by atoms with Gasteiger partial charge >= 0.3 is 5.97 Å². The number of rotatable bonds is 6. The molecule has 0 N–H and O–H groups in total. The summed E-state index contributed by atoms with van der Waals surface area (Å²) in [6.45, 7) is 6.56. The van der Waals surface area contributed by atoms with Gasteiger partial charge in [0.25, 0.3) is 0 Å². The van der Waals surface area contributed by atoms with Gasteiger partial charge in [-0.15, -0.1) is 0 Å². The number of esters is 1. The summed E-state index contributed by atoms with van der Waals surface area (Å²) in [5.41, 5.74) is 3.88. The molecule has 1 aliphatic heterocycles. The number of carbonyl (C=O) groups is 2. The Kier molecular flexibility index (Phi) is 5.63. The van der Waals surface area contributed by atoms with Gasteiger partial charge in [0.2, 0.25) is 0 Å². The number of fused-ring (bicyclic) bond motifs is 3. The van der Waals surface area contributed by atoms with Crippen LogP contribution in [0.1, 0.15) is 48.2 Å². The number of ketones is 1. The number of hydrogen-bond donors (Lipinski definition) is 0. The summed E-state index contributed by atoms with van der Waals surface area (Å²) in [6, 6.07) is 13.0. The van der Waals surface area contributed by atoms with E-state index in [2.05, 4.69) is 4.99 Å². The Balaban J connectivity index is 1.91. The summed E-state index contributed by atoms with van der Waals surface area (Å²) in [6.07, 6.45) is 0. The van der Waals surface area contributed by atoms with Crippen molar-refractivity contribution in [3.05, 3.63) is 70.4 Å². The monoisotopic (exact) mass is 419 g/mol. The maximum absolute atomic E-state index is 13.4. The zero-order valence-electron chi connectivity index (χ0n) is 18.1. The molecule has 160 valence electrons. The average molecular weight is 419 g/mol. The maximum Gasteiger partial charge on any atom is 0.336 e. The van der Waals surface area contributed by atoms with Gasteiger partial charge in [-0.25, -0.2) is 4.79 Å². The maximum atomic E-state index is 13.4. The van der Waals surface area contributed by atoms with Crippen molar-refractivity contribution in [2.45, 2.75) is 26.7 Å². The number of methoxy groups -OCH3 is 1. The molecule has 0 saturated carbocycles. The predicted molar refractivity (Wildman–Crippen MR) is 117 cm³/mol. The Morgan fingerprint density at radius 3 is 2.32 bits per heavy atom.